The first kappa shape index (κ1) is 11.8. The van der Waals surface area contributed by atoms with Crippen molar-refractivity contribution in [2.24, 2.45) is 0 Å². The van der Waals surface area contributed by atoms with Crippen LogP contribution in [0.4, 0.5) is 5.69 Å². The first-order valence-corrected chi connectivity index (χ1v) is 6.30. The normalized spacial score (nSPS) is 10.4. The van der Waals surface area contributed by atoms with Gasteiger partial charge in [-0.3, -0.25) is 5.10 Å². The summed E-state index contributed by atoms with van der Waals surface area (Å²) < 4.78 is 5.57. The van der Waals surface area contributed by atoms with Crippen LogP contribution in [0.5, 0.6) is 5.75 Å². The van der Waals surface area contributed by atoms with Gasteiger partial charge < -0.3 is 10.5 Å². The largest absolute Gasteiger partial charge is 0.491 e. The van der Waals surface area contributed by atoms with Gasteiger partial charge in [-0.2, -0.15) is 5.10 Å². The van der Waals surface area contributed by atoms with Crippen LogP contribution >= 0.6 is 11.8 Å². The fraction of sp³-hybridized carbons (Fsp3) is 0.273. The van der Waals surface area contributed by atoms with E-state index in [2.05, 4.69) is 15.2 Å². The van der Waals surface area contributed by atoms with Gasteiger partial charge in [-0.25, -0.2) is 4.98 Å². The third kappa shape index (κ3) is 3.67. The molecule has 90 valence electrons. The fourth-order valence-corrected chi connectivity index (χ4v) is 1.98. The van der Waals surface area contributed by atoms with Gasteiger partial charge in [0.15, 0.2) is 5.16 Å². The molecule has 2 aromatic rings. The van der Waals surface area contributed by atoms with Gasteiger partial charge in [-0.15, -0.1) is 0 Å². The highest BCUT2D eigenvalue weighted by molar-refractivity contribution is 7.99. The van der Waals surface area contributed by atoms with Gasteiger partial charge in [-0.1, -0.05) is 23.9 Å². The number of aromatic amines is 1. The van der Waals surface area contributed by atoms with Crippen molar-refractivity contribution in [1.29, 1.82) is 0 Å². The number of rotatable bonds is 6. The zero-order chi connectivity index (χ0) is 11.9. The minimum absolute atomic E-state index is 0.648. The summed E-state index contributed by atoms with van der Waals surface area (Å²) in [6.45, 7) is 0.648. The second kappa shape index (κ2) is 6.15. The van der Waals surface area contributed by atoms with E-state index in [1.807, 2.05) is 24.3 Å². The lowest BCUT2D eigenvalue weighted by atomic mass is 10.3. The van der Waals surface area contributed by atoms with Crippen LogP contribution in [0.3, 0.4) is 0 Å². The molecule has 5 nitrogen and oxygen atoms in total. The Morgan fingerprint density at radius 1 is 1.35 bits per heavy atom. The molecule has 0 bridgehead atoms. The van der Waals surface area contributed by atoms with E-state index in [1.165, 1.54) is 6.33 Å². The van der Waals surface area contributed by atoms with E-state index in [9.17, 15) is 0 Å². The van der Waals surface area contributed by atoms with E-state index in [0.29, 0.717) is 12.3 Å². The van der Waals surface area contributed by atoms with E-state index >= 15 is 0 Å². The lowest BCUT2D eigenvalue weighted by molar-refractivity contribution is 0.320. The van der Waals surface area contributed by atoms with E-state index in [-0.39, 0.29) is 0 Å². The lowest BCUT2D eigenvalue weighted by Crippen LogP contribution is -2.01. The van der Waals surface area contributed by atoms with Crippen LogP contribution in [-0.2, 0) is 0 Å². The molecule has 1 aromatic heterocycles. The fourth-order valence-electron chi connectivity index (χ4n) is 1.29. The Hall–Kier alpha value is -1.69. The quantitative estimate of drug-likeness (QED) is 0.465. The van der Waals surface area contributed by atoms with Crippen molar-refractivity contribution in [2.75, 3.05) is 18.1 Å². The van der Waals surface area contributed by atoms with Crippen molar-refractivity contribution in [3.8, 4) is 5.75 Å². The Balaban J connectivity index is 1.65. The maximum absolute atomic E-state index is 5.76. The number of H-pyrrole nitrogens is 1. The summed E-state index contributed by atoms with van der Waals surface area (Å²) in [5.41, 5.74) is 6.44. The standard InChI is InChI=1S/C11H14N4OS/c12-9-4-1-2-5-10(9)16-6-3-7-17-11-13-8-14-15-11/h1-2,4-5,8H,3,6-7,12H2,(H,13,14,15). The number of nitrogens with two attached hydrogens (primary N) is 1. The molecule has 1 heterocycles. The highest BCUT2D eigenvalue weighted by Gasteiger charge is 1.99. The first-order valence-electron chi connectivity index (χ1n) is 5.32. The molecular formula is C11H14N4OS. The van der Waals surface area contributed by atoms with Crippen molar-refractivity contribution in [3.63, 3.8) is 0 Å². The number of nitrogens with zero attached hydrogens (tertiary/aromatic N) is 2. The molecule has 0 saturated carbocycles. The summed E-state index contributed by atoms with van der Waals surface area (Å²) in [4.78, 5) is 4.02. The number of aromatic nitrogens is 3. The summed E-state index contributed by atoms with van der Waals surface area (Å²) in [6.07, 6.45) is 2.43. The first-order chi connectivity index (χ1) is 8.36. The van der Waals surface area contributed by atoms with Crippen molar-refractivity contribution in [1.82, 2.24) is 15.2 Å². The van der Waals surface area contributed by atoms with E-state index in [0.717, 1.165) is 23.1 Å². The maximum atomic E-state index is 5.76. The topological polar surface area (TPSA) is 76.8 Å². The van der Waals surface area contributed by atoms with Gasteiger partial charge in [0.1, 0.15) is 12.1 Å². The number of hydrogen-bond acceptors (Lipinski definition) is 5. The lowest BCUT2D eigenvalue weighted by Gasteiger charge is -2.07. The third-order valence-electron chi connectivity index (χ3n) is 2.10. The minimum atomic E-state index is 0.648. The van der Waals surface area contributed by atoms with Crippen LogP contribution in [0.1, 0.15) is 6.42 Å². The van der Waals surface area contributed by atoms with Gasteiger partial charge in [0.2, 0.25) is 0 Å². The summed E-state index contributed by atoms with van der Waals surface area (Å²) in [7, 11) is 0. The predicted molar refractivity (Wildman–Crippen MR) is 68.1 cm³/mol. The zero-order valence-corrected chi connectivity index (χ0v) is 10.1. The van der Waals surface area contributed by atoms with Crippen molar-refractivity contribution < 1.29 is 4.74 Å². The highest BCUT2D eigenvalue weighted by Crippen LogP contribution is 2.20. The molecule has 2 rings (SSSR count). The van der Waals surface area contributed by atoms with Crippen LogP contribution in [0.25, 0.3) is 0 Å². The minimum Gasteiger partial charge on any atom is -0.491 e. The average molecular weight is 250 g/mol. The van der Waals surface area contributed by atoms with Crippen molar-refractivity contribution >= 4 is 17.4 Å². The number of nitrogen functional groups attached to an aromatic ring is 1. The predicted octanol–water partition coefficient (Wildman–Crippen LogP) is 1.95. The summed E-state index contributed by atoms with van der Waals surface area (Å²) in [6, 6.07) is 7.51. The van der Waals surface area contributed by atoms with Crippen LogP contribution in [0, 0.1) is 0 Å². The second-order valence-electron chi connectivity index (χ2n) is 3.38. The molecule has 0 amide bonds. The van der Waals surface area contributed by atoms with Crippen LogP contribution in [0.15, 0.2) is 35.7 Å². The molecule has 0 aliphatic carbocycles. The molecular weight excluding hydrogens is 236 g/mol. The van der Waals surface area contributed by atoms with Crippen molar-refractivity contribution in [2.45, 2.75) is 11.6 Å². The SMILES string of the molecule is Nc1ccccc1OCCCSc1ncn[nH]1. The monoisotopic (exact) mass is 250 g/mol. The Bertz CT molecular complexity index is 446. The molecule has 6 heteroatoms. The Kier molecular flexibility index (Phi) is 4.26. The van der Waals surface area contributed by atoms with E-state index in [4.69, 9.17) is 10.5 Å². The average Bonchev–Trinajstić information content (AvgIpc) is 2.84. The molecule has 0 unspecified atom stereocenters. The highest BCUT2D eigenvalue weighted by atomic mass is 32.2. The van der Waals surface area contributed by atoms with Crippen molar-refractivity contribution in [3.05, 3.63) is 30.6 Å². The van der Waals surface area contributed by atoms with Crippen LogP contribution < -0.4 is 10.5 Å². The molecule has 0 fully saturated rings. The summed E-state index contributed by atoms with van der Waals surface area (Å²) in [5.74, 6) is 1.68. The number of thioether (sulfide) groups is 1. The molecule has 0 atom stereocenters. The Morgan fingerprint density at radius 3 is 3.00 bits per heavy atom. The van der Waals surface area contributed by atoms with Gasteiger partial charge in [0, 0.05) is 5.75 Å². The second-order valence-corrected chi connectivity index (χ2v) is 4.46. The zero-order valence-electron chi connectivity index (χ0n) is 9.30. The molecule has 3 N–H and O–H groups in total. The Labute approximate surface area is 104 Å². The summed E-state index contributed by atoms with van der Waals surface area (Å²) in [5, 5.41) is 7.41. The molecule has 1 aromatic carbocycles. The number of hydrogen-bond donors (Lipinski definition) is 2. The summed E-state index contributed by atoms with van der Waals surface area (Å²) >= 11 is 1.63. The smallest absolute Gasteiger partial charge is 0.183 e. The molecule has 0 aliphatic rings. The number of nitrogens with one attached hydrogen (secondary N) is 1. The van der Waals surface area contributed by atoms with E-state index < -0.39 is 0 Å². The van der Waals surface area contributed by atoms with E-state index in [1.54, 1.807) is 11.8 Å². The molecule has 0 radical (unpaired) electrons. The van der Waals surface area contributed by atoms with Crippen LogP contribution in [-0.4, -0.2) is 27.5 Å². The number of anilines is 1. The number of benzene rings is 1. The third-order valence-corrected chi connectivity index (χ3v) is 3.06. The molecule has 0 aliphatic heterocycles. The molecule has 17 heavy (non-hydrogen) atoms. The van der Waals surface area contributed by atoms with Crippen LogP contribution in [0.2, 0.25) is 0 Å². The van der Waals surface area contributed by atoms with Gasteiger partial charge in [0.25, 0.3) is 0 Å². The number of ether oxygens (including phenoxy) is 1. The van der Waals surface area contributed by atoms with Gasteiger partial charge >= 0.3 is 0 Å². The molecule has 0 saturated heterocycles. The van der Waals surface area contributed by atoms with Gasteiger partial charge in [-0.05, 0) is 18.6 Å². The van der Waals surface area contributed by atoms with Gasteiger partial charge in [0.05, 0.1) is 12.3 Å². The number of para-hydroxylation sites is 2. The Morgan fingerprint density at radius 2 is 2.24 bits per heavy atom. The maximum Gasteiger partial charge on any atom is 0.183 e. The molecule has 0 spiro atoms.